The van der Waals surface area contributed by atoms with Gasteiger partial charge in [0.15, 0.2) is 11.5 Å². The van der Waals surface area contributed by atoms with E-state index in [9.17, 15) is 14.7 Å². The number of rotatable bonds is 4. The van der Waals surface area contributed by atoms with Crippen molar-refractivity contribution < 1.29 is 14.6 Å². The number of ether oxygens (including phenoxy) is 1. The smallest absolute Gasteiger partial charge is 0.335 e. The average molecular weight is 426 g/mol. The highest BCUT2D eigenvalue weighted by Gasteiger charge is 2.28. The van der Waals surface area contributed by atoms with Gasteiger partial charge in [-0.15, -0.1) is 0 Å². The van der Waals surface area contributed by atoms with E-state index in [0.29, 0.717) is 17.1 Å². The van der Waals surface area contributed by atoms with Gasteiger partial charge in [-0.1, -0.05) is 24.3 Å². The van der Waals surface area contributed by atoms with Crippen molar-refractivity contribution in [3.05, 3.63) is 94.3 Å². The number of nitrogens with zero attached hydrogens (tertiary/aromatic N) is 3. The summed E-state index contributed by atoms with van der Waals surface area (Å²) in [4.78, 5) is 28.5. The molecule has 0 amide bonds. The van der Waals surface area contributed by atoms with Crippen LogP contribution in [0.1, 0.15) is 22.1 Å². The minimum absolute atomic E-state index is 0.190. The number of hydrogen-bond donors (Lipinski definition) is 2. The molecule has 0 aliphatic carbocycles. The molecule has 3 aromatic carbocycles. The van der Waals surface area contributed by atoms with Gasteiger partial charge in [-0.25, -0.2) is 9.48 Å². The number of methoxy groups -OCH3 is 1. The molecule has 0 radical (unpaired) electrons. The zero-order chi connectivity index (χ0) is 22.2. The maximum absolute atomic E-state index is 12.9. The van der Waals surface area contributed by atoms with Gasteiger partial charge in [0.1, 0.15) is 11.9 Å². The van der Waals surface area contributed by atoms with E-state index in [1.165, 1.54) is 0 Å². The minimum Gasteiger partial charge on any atom is -0.497 e. The maximum atomic E-state index is 12.9. The Kier molecular flexibility index (Phi) is 4.67. The lowest BCUT2D eigenvalue weighted by atomic mass is 10.0. The molecule has 1 aromatic heterocycles. The quantitative estimate of drug-likeness (QED) is 0.513. The van der Waals surface area contributed by atoms with Crippen LogP contribution in [0.25, 0.3) is 22.6 Å². The maximum Gasteiger partial charge on any atom is 0.335 e. The molecule has 0 bridgehead atoms. The predicted octanol–water partition coefficient (Wildman–Crippen LogP) is 3.65. The second-order valence-electron chi connectivity index (χ2n) is 7.28. The summed E-state index contributed by atoms with van der Waals surface area (Å²) in [7, 11) is 1.58. The molecular weight excluding hydrogens is 408 g/mol. The average Bonchev–Trinajstić information content (AvgIpc) is 2.83. The molecule has 1 aliphatic heterocycles. The van der Waals surface area contributed by atoms with Crippen molar-refractivity contribution in [2.45, 2.75) is 6.17 Å². The van der Waals surface area contributed by atoms with Gasteiger partial charge in [-0.3, -0.25) is 4.79 Å². The second kappa shape index (κ2) is 7.66. The number of carboxylic acid groups (broad SMARTS) is 1. The van der Waals surface area contributed by atoms with Crippen LogP contribution in [-0.4, -0.2) is 33.0 Å². The standard InChI is InChI=1S/C24H18N4O4/c1-32-17-12-10-14(11-13-17)20-23(29)26-22-18-4-2-3-5-19(18)25-21(28(22)27-20)15-6-8-16(9-7-15)24(30)31/h2-13,21,25H,1H3,(H,30,31)/t21-/m1/s1. The molecule has 2 heterocycles. The third-order valence-corrected chi connectivity index (χ3v) is 5.38. The Morgan fingerprint density at radius 3 is 2.44 bits per heavy atom. The van der Waals surface area contributed by atoms with Gasteiger partial charge in [0.25, 0.3) is 5.56 Å². The van der Waals surface area contributed by atoms with Gasteiger partial charge < -0.3 is 15.2 Å². The lowest BCUT2D eigenvalue weighted by Crippen LogP contribution is -2.32. The number of para-hydroxylation sites is 1. The van der Waals surface area contributed by atoms with Crippen molar-refractivity contribution in [3.63, 3.8) is 0 Å². The van der Waals surface area contributed by atoms with Crippen molar-refractivity contribution in [2.24, 2.45) is 0 Å². The number of aromatic carboxylic acids is 1. The minimum atomic E-state index is -0.996. The number of nitrogens with one attached hydrogen (secondary N) is 1. The first-order valence-electron chi connectivity index (χ1n) is 9.89. The number of aromatic nitrogens is 3. The van der Waals surface area contributed by atoms with Crippen LogP contribution in [0.4, 0.5) is 5.69 Å². The summed E-state index contributed by atoms with van der Waals surface area (Å²) in [5.41, 5.74) is 2.95. The molecule has 0 fully saturated rings. The van der Waals surface area contributed by atoms with Gasteiger partial charge in [0, 0.05) is 16.8 Å². The van der Waals surface area contributed by atoms with E-state index >= 15 is 0 Å². The Morgan fingerprint density at radius 2 is 1.75 bits per heavy atom. The normalized spacial score (nSPS) is 14.1. The van der Waals surface area contributed by atoms with E-state index in [0.717, 1.165) is 16.8 Å². The first-order valence-corrected chi connectivity index (χ1v) is 9.89. The number of hydrogen-bond acceptors (Lipinski definition) is 6. The predicted molar refractivity (Wildman–Crippen MR) is 119 cm³/mol. The van der Waals surface area contributed by atoms with Gasteiger partial charge in [0.2, 0.25) is 0 Å². The molecule has 32 heavy (non-hydrogen) atoms. The van der Waals surface area contributed by atoms with Crippen molar-refractivity contribution in [1.29, 1.82) is 0 Å². The van der Waals surface area contributed by atoms with Crippen LogP contribution in [0.15, 0.2) is 77.6 Å². The molecule has 8 heteroatoms. The molecule has 0 spiro atoms. The fraction of sp³-hybridized carbons (Fsp3) is 0.0833. The number of carboxylic acids is 1. The fourth-order valence-electron chi connectivity index (χ4n) is 3.74. The van der Waals surface area contributed by atoms with Crippen LogP contribution in [-0.2, 0) is 0 Å². The van der Waals surface area contributed by atoms with E-state index in [1.54, 1.807) is 60.3 Å². The van der Waals surface area contributed by atoms with Crippen LogP contribution < -0.4 is 15.6 Å². The first kappa shape index (κ1) is 19.5. The highest BCUT2D eigenvalue weighted by atomic mass is 16.5. The summed E-state index contributed by atoms with van der Waals surface area (Å²) in [5, 5.41) is 17.3. The van der Waals surface area contributed by atoms with Crippen molar-refractivity contribution in [2.75, 3.05) is 12.4 Å². The lowest BCUT2D eigenvalue weighted by Gasteiger charge is -2.30. The monoisotopic (exact) mass is 426 g/mol. The molecule has 0 unspecified atom stereocenters. The third-order valence-electron chi connectivity index (χ3n) is 5.38. The Balaban J connectivity index is 1.68. The van der Waals surface area contributed by atoms with E-state index < -0.39 is 17.7 Å². The van der Waals surface area contributed by atoms with Gasteiger partial charge in [0.05, 0.1) is 12.7 Å². The molecule has 0 saturated carbocycles. The molecule has 1 atom stereocenters. The Hall–Kier alpha value is -4.46. The van der Waals surface area contributed by atoms with Crippen molar-refractivity contribution in [3.8, 4) is 28.4 Å². The Labute approximate surface area is 182 Å². The largest absolute Gasteiger partial charge is 0.497 e. The zero-order valence-corrected chi connectivity index (χ0v) is 17.0. The number of benzene rings is 3. The van der Waals surface area contributed by atoms with Crippen LogP contribution in [0.2, 0.25) is 0 Å². The Bertz CT molecular complexity index is 1380. The van der Waals surface area contributed by atoms with E-state index in [-0.39, 0.29) is 11.3 Å². The molecule has 1 aliphatic rings. The van der Waals surface area contributed by atoms with E-state index in [4.69, 9.17) is 4.74 Å². The molecule has 2 N–H and O–H groups in total. The summed E-state index contributed by atoms with van der Waals surface area (Å²) in [6.07, 6.45) is -0.479. The zero-order valence-electron chi connectivity index (χ0n) is 17.0. The van der Waals surface area contributed by atoms with Gasteiger partial charge in [-0.05, 0) is 54.1 Å². The van der Waals surface area contributed by atoms with Crippen LogP contribution in [0, 0.1) is 0 Å². The van der Waals surface area contributed by atoms with Gasteiger partial charge in [-0.2, -0.15) is 10.1 Å². The molecule has 8 nitrogen and oxygen atoms in total. The SMILES string of the molecule is COc1ccc(-c2nn3c(nc2=O)-c2ccccc2N[C@H]3c2ccc(C(=O)O)cc2)cc1. The van der Waals surface area contributed by atoms with Crippen LogP contribution in [0.3, 0.4) is 0 Å². The molecule has 5 rings (SSSR count). The highest BCUT2D eigenvalue weighted by Crippen LogP contribution is 2.36. The van der Waals surface area contributed by atoms with E-state index in [2.05, 4.69) is 15.4 Å². The molecule has 158 valence electrons. The molecule has 0 saturated heterocycles. The summed E-state index contributed by atoms with van der Waals surface area (Å²) in [6.45, 7) is 0. The number of anilines is 1. The first-order chi connectivity index (χ1) is 15.5. The van der Waals surface area contributed by atoms with Gasteiger partial charge >= 0.3 is 5.97 Å². The third kappa shape index (κ3) is 3.27. The summed E-state index contributed by atoms with van der Waals surface area (Å²) < 4.78 is 6.86. The lowest BCUT2D eigenvalue weighted by molar-refractivity contribution is 0.0697. The summed E-state index contributed by atoms with van der Waals surface area (Å²) in [6, 6.07) is 21.1. The van der Waals surface area contributed by atoms with Crippen molar-refractivity contribution in [1.82, 2.24) is 14.8 Å². The van der Waals surface area contributed by atoms with Crippen LogP contribution >= 0.6 is 0 Å². The van der Waals surface area contributed by atoms with Crippen molar-refractivity contribution >= 4 is 11.7 Å². The molecular formula is C24H18N4O4. The summed E-state index contributed by atoms with van der Waals surface area (Å²) >= 11 is 0. The fourth-order valence-corrected chi connectivity index (χ4v) is 3.74. The number of carbonyl (C=O) groups is 1. The Morgan fingerprint density at radius 1 is 1.03 bits per heavy atom. The van der Waals surface area contributed by atoms with Crippen LogP contribution in [0.5, 0.6) is 5.75 Å². The van der Waals surface area contributed by atoms with E-state index in [1.807, 2.05) is 24.3 Å². The molecule has 4 aromatic rings. The summed E-state index contributed by atoms with van der Waals surface area (Å²) in [5.74, 6) is 0.116. The topological polar surface area (TPSA) is 106 Å². The number of fused-ring (bicyclic) bond motifs is 3. The second-order valence-corrected chi connectivity index (χ2v) is 7.28. The highest BCUT2D eigenvalue weighted by molar-refractivity contribution is 5.87.